The van der Waals surface area contributed by atoms with Crippen molar-refractivity contribution >= 4 is 17.7 Å². The van der Waals surface area contributed by atoms with Gasteiger partial charge in [-0.3, -0.25) is 4.79 Å². The monoisotopic (exact) mass is 544 g/mol. The zero-order valence-corrected chi connectivity index (χ0v) is 20.6. The van der Waals surface area contributed by atoms with Gasteiger partial charge in [0.05, 0.1) is 12.2 Å². The van der Waals surface area contributed by atoms with Gasteiger partial charge in [0.1, 0.15) is 36.4 Å². The van der Waals surface area contributed by atoms with Gasteiger partial charge in [-0.1, -0.05) is 24.3 Å². The van der Waals surface area contributed by atoms with E-state index in [4.69, 9.17) is 18.9 Å². The molecule has 0 saturated carbocycles. The highest BCUT2D eigenvalue weighted by atomic mass is 16.7. The van der Waals surface area contributed by atoms with Crippen LogP contribution < -0.4 is 4.74 Å². The molecule has 208 valence electrons. The Hall–Kier alpha value is -3.81. The van der Waals surface area contributed by atoms with Gasteiger partial charge in [-0.15, -0.1) is 0 Å². The Morgan fingerprint density at radius 2 is 1.82 bits per heavy atom. The summed E-state index contributed by atoms with van der Waals surface area (Å²) in [6.45, 7) is -1.25. The van der Waals surface area contributed by atoms with Gasteiger partial charge in [0.2, 0.25) is 11.9 Å². The summed E-state index contributed by atoms with van der Waals surface area (Å²) in [7, 11) is 0. The van der Waals surface area contributed by atoms with Gasteiger partial charge in [-0.25, -0.2) is 9.59 Å². The fourth-order valence-electron chi connectivity index (χ4n) is 4.15. The number of benzene rings is 2. The molecule has 12 heteroatoms. The molecule has 2 aromatic carbocycles. The van der Waals surface area contributed by atoms with Gasteiger partial charge in [0.25, 0.3) is 0 Å². The number of esters is 2. The first-order valence-electron chi connectivity index (χ1n) is 12.1. The third-order valence-electron chi connectivity index (χ3n) is 6.36. The van der Waals surface area contributed by atoms with Crippen molar-refractivity contribution in [3.05, 3.63) is 71.8 Å². The van der Waals surface area contributed by atoms with Crippen molar-refractivity contribution < 1.29 is 58.9 Å². The van der Waals surface area contributed by atoms with E-state index in [9.17, 15) is 39.9 Å². The minimum Gasteiger partial charge on any atom is -0.508 e. The molecule has 39 heavy (non-hydrogen) atoms. The fraction of sp³-hybridized carbons (Fsp3) is 0.370. The van der Waals surface area contributed by atoms with E-state index in [-0.39, 0.29) is 29.0 Å². The molecule has 1 fully saturated rings. The number of phenolic OH excluding ortho intramolecular Hbond substituents is 1. The number of aromatic hydroxyl groups is 1. The summed E-state index contributed by atoms with van der Waals surface area (Å²) in [5.41, 5.74) is -2.21. The number of Topliss-reactive ketones (excluding diaryl/α,β-unsaturated/α-hetero) is 1. The lowest BCUT2D eigenvalue weighted by Gasteiger charge is -2.41. The molecule has 1 aliphatic carbocycles. The SMILES string of the molecule is O=C(O[C@H]1[C@H](Oc2ccc(O)cc2COC(=O)[C@@]2(O)C=CCCC2=O)O[C@H](CO)[C@@H](O)[C@@H]1O)c1ccccc1. The highest BCUT2D eigenvalue weighted by molar-refractivity contribution is 6.09. The van der Waals surface area contributed by atoms with Crippen molar-refractivity contribution in [3.63, 3.8) is 0 Å². The van der Waals surface area contributed by atoms with E-state index in [0.717, 1.165) is 6.08 Å². The molecule has 4 rings (SSSR count). The van der Waals surface area contributed by atoms with E-state index in [2.05, 4.69) is 0 Å². The number of hydrogen-bond acceptors (Lipinski definition) is 12. The smallest absolute Gasteiger partial charge is 0.350 e. The number of phenols is 1. The molecule has 0 radical (unpaired) electrons. The van der Waals surface area contributed by atoms with Crippen molar-refractivity contribution in [2.24, 2.45) is 0 Å². The van der Waals surface area contributed by atoms with Gasteiger partial charge in [-0.2, -0.15) is 0 Å². The molecule has 0 spiro atoms. The van der Waals surface area contributed by atoms with Crippen LogP contribution in [0.5, 0.6) is 11.5 Å². The molecule has 0 bridgehead atoms. The van der Waals surface area contributed by atoms with E-state index >= 15 is 0 Å². The Morgan fingerprint density at radius 3 is 2.51 bits per heavy atom. The standard InChI is InChI=1S/C27H28O12/c28-13-19-21(31)22(32)23(39-24(33)15-6-2-1-3-7-15)25(38-19)37-18-10-9-17(29)12-16(18)14-36-26(34)27(35)11-5-4-8-20(27)30/h1-3,5-7,9-12,19,21-23,25,28-29,31-32,35H,4,8,13-14H2/t19-,21-,22+,23-,25-,27-/m1/s1. The summed E-state index contributed by atoms with van der Waals surface area (Å²) in [4.78, 5) is 37.3. The lowest BCUT2D eigenvalue weighted by Crippen LogP contribution is -2.61. The second kappa shape index (κ2) is 11.9. The van der Waals surface area contributed by atoms with Crippen LogP contribution in [0.15, 0.2) is 60.7 Å². The van der Waals surface area contributed by atoms with E-state index in [0.29, 0.717) is 6.42 Å². The molecule has 0 aromatic heterocycles. The summed E-state index contributed by atoms with van der Waals surface area (Å²) >= 11 is 0. The molecular formula is C27H28O12. The van der Waals surface area contributed by atoms with Gasteiger partial charge in [0, 0.05) is 12.0 Å². The van der Waals surface area contributed by atoms with Crippen molar-refractivity contribution in [3.8, 4) is 11.5 Å². The van der Waals surface area contributed by atoms with Gasteiger partial charge in [-0.05, 0) is 42.8 Å². The fourth-order valence-corrected chi connectivity index (χ4v) is 4.15. The van der Waals surface area contributed by atoms with Crippen LogP contribution in [0.4, 0.5) is 0 Å². The average Bonchev–Trinajstić information content (AvgIpc) is 2.94. The number of aliphatic hydroxyl groups excluding tert-OH is 3. The van der Waals surface area contributed by atoms with Crippen LogP contribution in [-0.4, -0.2) is 86.2 Å². The molecular weight excluding hydrogens is 516 g/mol. The number of allylic oxidation sites excluding steroid dienone is 1. The number of carbonyl (C=O) groups excluding carboxylic acids is 3. The van der Waals surface area contributed by atoms with E-state index < -0.39 is 67.2 Å². The molecule has 6 atom stereocenters. The quantitative estimate of drug-likeness (QED) is 0.172. The van der Waals surface area contributed by atoms with Crippen LogP contribution in [0.2, 0.25) is 0 Å². The first-order valence-corrected chi connectivity index (χ1v) is 12.1. The number of carbonyl (C=O) groups is 3. The Bertz CT molecular complexity index is 1230. The number of hydrogen-bond donors (Lipinski definition) is 5. The van der Waals surface area contributed by atoms with Crippen LogP contribution >= 0.6 is 0 Å². The average molecular weight is 545 g/mol. The lowest BCUT2D eigenvalue weighted by atomic mass is 9.90. The largest absolute Gasteiger partial charge is 0.508 e. The van der Waals surface area contributed by atoms with Crippen molar-refractivity contribution in [1.82, 2.24) is 0 Å². The third-order valence-corrected chi connectivity index (χ3v) is 6.36. The van der Waals surface area contributed by atoms with Crippen molar-refractivity contribution in [2.45, 2.75) is 55.8 Å². The Balaban J connectivity index is 1.56. The first-order chi connectivity index (χ1) is 18.6. The van der Waals surface area contributed by atoms with Crippen LogP contribution in [0.3, 0.4) is 0 Å². The van der Waals surface area contributed by atoms with Crippen LogP contribution in [-0.2, 0) is 30.4 Å². The minimum absolute atomic E-state index is 0.0368. The molecule has 5 N–H and O–H groups in total. The van der Waals surface area contributed by atoms with Crippen LogP contribution in [0, 0.1) is 0 Å². The van der Waals surface area contributed by atoms with E-state index in [1.54, 1.807) is 18.2 Å². The second-order valence-electron chi connectivity index (χ2n) is 9.06. The maximum absolute atomic E-state index is 12.7. The summed E-state index contributed by atoms with van der Waals surface area (Å²) in [5.74, 6) is -3.07. The molecule has 0 amide bonds. The van der Waals surface area contributed by atoms with Gasteiger partial charge in [0.15, 0.2) is 11.9 Å². The van der Waals surface area contributed by atoms with E-state index in [1.807, 2.05) is 0 Å². The molecule has 2 aliphatic rings. The van der Waals surface area contributed by atoms with Crippen LogP contribution in [0.1, 0.15) is 28.8 Å². The second-order valence-corrected chi connectivity index (χ2v) is 9.06. The zero-order chi connectivity index (χ0) is 28.2. The molecule has 1 heterocycles. The normalized spacial score (nSPS) is 28.5. The van der Waals surface area contributed by atoms with Crippen LogP contribution in [0.25, 0.3) is 0 Å². The Kier molecular flexibility index (Phi) is 8.63. The predicted molar refractivity (Wildman–Crippen MR) is 130 cm³/mol. The maximum Gasteiger partial charge on any atom is 0.350 e. The molecule has 0 unspecified atom stereocenters. The first kappa shape index (κ1) is 28.2. The minimum atomic E-state index is -2.44. The number of rotatable bonds is 8. The van der Waals surface area contributed by atoms with E-state index in [1.165, 1.54) is 36.4 Å². The van der Waals surface area contributed by atoms with Crippen molar-refractivity contribution in [1.29, 1.82) is 0 Å². The highest BCUT2D eigenvalue weighted by Gasteiger charge is 2.48. The molecule has 1 saturated heterocycles. The Morgan fingerprint density at radius 1 is 1.08 bits per heavy atom. The summed E-state index contributed by atoms with van der Waals surface area (Å²) in [6, 6.07) is 11.6. The van der Waals surface area contributed by atoms with Crippen molar-refractivity contribution in [2.75, 3.05) is 6.61 Å². The number of ketones is 1. The lowest BCUT2D eigenvalue weighted by molar-refractivity contribution is -0.276. The summed E-state index contributed by atoms with van der Waals surface area (Å²) < 4.78 is 22.0. The van der Waals surface area contributed by atoms with Gasteiger partial charge >= 0.3 is 11.9 Å². The number of ether oxygens (including phenoxy) is 4. The predicted octanol–water partition coefficient (Wildman–Crippen LogP) is 0.129. The highest BCUT2D eigenvalue weighted by Crippen LogP contribution is 2.31. The Labute approximate surface area is 222 Å². The van der Waals surface area contributed by atoms with Gasteiger partial charge < -0.3 is 44.5 Å². The third kappa shape index (κ3) is 6.10. The number of aliphatic hydroxyl groups is 4. The summed E-state index contributed by atoms with van der Waals surface area (Å²) in [6.07, 6.45) is -4.87. The molecule has 2 aromatic rings. The maximum atomic E-state index is 12.7. The topological polar surface area (TPSA) is 189 Å². The summed E-state index contributed by atoms with van der Waals surface area (Å²) in [5, 5.41) is 51.1. The molecule has 1 aliphatic heterocycles. The molecule has 12 nitrogen and oxygen atoms in total. The zero-order valence-electron chi connectivity index (χ0n) is 20.6.